The Morgan fingerprint density at radius 3 is 2.00 bits per heavy atom. The maximum atomic E-state index is 10.0. The van der Waals surface area contributed by atoms with Gasteiger partial charge in [0.05, 0.1) is 0 Å². The van der Waals surface area contributed by atoms with Crippen LogP contribution in [0.3, 0.4) is 0 Å². The molecule has 0 spiro atoms. The van der Waals surface area contributed by atoms with Gasteiger partial charge in [-0.2, -0.15) is 0 Å². The van der Waals surface area contributed by atoms with Gasteiger partial charge in [0.1, 0.15) is 0 Å². The molecule has 0 aliphatic rings. The third kappa shape index (κ3) is 15.7. The quantitative estimate of drug-likeness (QED) is 0.475. The van der Waals surface area contributed by atoms with Gasteiger partial charge in [0.15, 0.2) is 0 Å². The molecule has 0 heterocycles. The van der Waals surface area contributed by atoms with E-state index in [-0.39, 0.29) is 0 Å². The fourth-order valence-electron chi connectivity index (χ4n) is 0.223. The molecule has 0 aromatic rings. The highest BCUT2D eigenvalue weighted by atomic mass is 35.5. The minimum absolute atomic E-state index is 0.418. The molecule has 60 valence electrons. The van der Waals surface area contributed by atoms with E-state index in [4.69, 9.17) is 5.73 Å². The number of nitrogens with zero attached hydrogens (tertiary/aromatic N) is 1. The van der Waals surface area contributed by atoms with Crippen LogP contribution in [0.2, 0.25) is 0 Å². The van der Waals surface area contributed by atoms with Crippen molar-refractivity contribution >= 4 is 17.5 Å². The molecule has 0 aliphatic carbocycles. The van der Waals surface area contributed by atoms with Gasteiger partial charge in [0.25, 0.3) is 0 Å². The molecule has 3 nitrogen and oxygen atoms in total. The second kappa shape index (κ2) is 8.30. The number of hydrogen-bond acceptors (Lipinski definition) is 2. The van der Waals surface area contributed by atoms with Crippen molar-refractivity contribution in [3.8, 4) is 0 Å². The van der Waals surface area contributed by atoms with Gasteiger partial charge in [-0.15, -0.1) is 11.6 Å². The Kier molecular flexibility index (Phi) is 9.98. The van der Waals surface area contributed by atoms with Crippen LogP contribution in [0.4, 0.5) is 0 Å². The molecule has 0 bridgehead atoms. The summed E-state index contributed by atoms with van der Waals surface area (Å²) in [6, 6.07) is 0. The molecular weight excluding hydrogens is 152 g/mol. The van der Waals surface area contributed by atoms with E-state index in [0.29, 0.717) is 0 Å². The zero-order valence-electron chi connectivity index (χ0n) is 6.47. The lowest BCUT2D eigenvalue weighted by molar-refractivity contribution is -0.113. The number of alkyl halides is 1. The molecule has 0 saturated heterocycles. The van der Waals surface area contributed by atoms with Crippen molar-refractivity contribution in [2.24, 2.45) is 5.73 Å². The van der Waals surface area contributed by atoms with Crippen LogP contribution in [0.25, 0.3) is 0 Å². The summed E-state index contributed by atoms with van der Waals surface area (Å²) < 4.78 is 0. The van der Waals surface area contributed by atoms with Crippen molar-refractivity contribution in [1.82, 2.24) is 4.90 Å². The zero-order chi connectivity index (χ0) is 8.57. The zero-order valence-corrected chi connectivity index (χ0v) is 7.22. The van der Waals surface area contributed by atoms with Gasteiger partial charge >= 0.3 is 0 Å². The normalized spacial score (nSPS) is 8.40. The van der Waals surface area contributed by atoms with E-state index in [9.17, 15) is 4.79 Å². The third-order valence-electron chi connectivity index (χ3n) is 0.537. The highest BCUT2D eigenvalue weighted by Crippen LogP contribution is 1.73. The molecule has 0 atom stereocenters. The summed E-state index contributed by atoms with van der Waals surface area (Å²) in [7, 11) is 3.64. The number of nitrogens with two attached hydrogens (primary N) is 1. The lowest BCUT2D eigenvalue weighted by Gasteiger charge is -2.00. The molecule has 0 unspecified atom stereocenters. The van der Waals surface area contributed by atoms with Gasteiger partial charge in [-0.05, 0) is 0 Å². The molecule has 0 aromatic heterocycles. The first-order valence-corrected chi connectivity index (χ1v) is 3.40. The average Bonchev–Trinajstić information content (AvgIpc) is 1.89. The summed E-state index contributed by atoms with van der Waals surface area (Å²) in [5.41, 5.74) is 4.79. The summed E-state index contributed by atoms with van der Waals surface area (Å²) in [4.78, 5) is 11.8. The van der Waals surface area contributed by atoms with Gasteiger partial charge in [0, 0.05) is 32.8 Å². The van der Waals surface area contributed by atoms with Crippen molar-refractivity contribution in [2.45, 2.75) is 0 Å². The summed E-state index contributed by atoms with van der Waals surface area (Å²) >= 11 is 4.64. The fourth-order valence-corrected chi connectivity index (χ4v) is 0.223. The van der Waals surface area contributed by atoms with Crippen molar-refractivity contribution in [2.75, 3.05) is 20.5 Å². The van der Waals surface area contributed by atoms with E-state index in [2.05, 4.69) is 11.6 Å². The number of halogens is 1. The van der Waals surface area contributed by atoms with E-state index >= 15 is 0 Å². The SMILES string of the molecule is CCl.CN(C)C=CC(N)=O. The van der Waals surface area contributed by atoms with Gasteiger partial charge < -0.3 is 10.6 Å². The largest absolute Gasteiger partial charge is 0.383 e. The lowest BCUT2D eigenvalue weighted by atomic mass is 10.6. The third-order valence-corrected chi connectivity index (χ3v) is 0.537. The summed E-state index contributed by atoms with van der Waals surface area (Å²) in [6.45, 7) is 0. The van der Waals surface area contributed by atoms with Gasteiger partial charge in [0.2, 0.25) is 5.91 Å². The topological polar surface area (TPSA) is 46.3 Å². The van der Waals surface area contributed by atoms with Crippen LogP contribution in [0, 0.1) is 0 Å². The Bertz CT molecular complexity index is 112. The summed E-state index contributed by atoms with van der Waals surface area (Å²) in [5, 5.41) is 0. The Hall–Kier alpha value is -0.700. The lowest BCUT2D eigenvalue weighted by Crippen LogP contribution is -2.09. The van der Waals surface area contributed by atoms with Crippen LogP contribution >= 0.6 is 11.6 Å². The van der Waals surface area contributed by atoms with Crippen molar-refractivity contribution in [1.29, 1.82) is 0 Å². The van der Waals surface area contributed by atoms with E-state index in [1.54, 1.807) is 11.1 Å². The van der Waals surface area contributed by atoms with Crippen LogP contribution in [-0.4, -0.2) is 31.3 Å². The maximum absolute atomic E-state index is 10.0. The Morgan fingerprint density at radius 2 is 1.90 bits per heavy atom. The molecule has 4 heteroatoms. The van der Waals surface area contributed by atoms with Crippen molar-refractivity contribution in [3.05, 3.63) is 12.3 Å². The molecular formula is C6H13ClN2O. The minimum atomic E-state index is -0.418. The van der Waals surface area contributed by atoms with Crippen LogP contribution in [0.15, 0.2) is 12.3 Å². The van der Waals surface area contributed by atoms with E-state index in [1.807, 2.05) is 14.1 Å². The second-order valence-electron chi connectivity index (χ2n) is 1.68. The van der Waals surface area contributed by atoms with E-state index < -0.39 is 5.91 Å². The molecule has 0 aromatic carbocycles. The molecule has 0 aliphatic heterocycles. The monoisotopic (exact) mass is 164 g/mol. The molecule has 10 heavy (non-hydrogen) atoms. The first kappa shape index (κ1) is 12.0. The second-order valence-corrected chi connectivity index (χ2v) is 1.68. The number of carbonyl (C=O) groups excluding carboxylic acids is 1. The molecule has 0 saturated carbocycles. The number of primary amides is 1. The van der Waals surface area contributed by atoms with Crippen LogP contribution in [-0.2, 0) is 4.79 Å². The predicted octanol–water partition coefficient (Wildman–Crippen LogP) is 0.402. The molecule has 0 radical (unpaired) electrons. The number of amides is 1. The first-order chi connectivity index (χ1) is 4.63. The van der Waals surface area contributed by atoms with E-state index in [0.717, 1.165) is 0 Å². The van der Waals surface area contributed by atoms with Gasteiger partial charge in [-0.25, -0.2) is 0 Å². The Balaban J connectivity index is 0. The van der Waals surface area contributed by atoms with Crippen LogP contribution in [0.1, 0.15) is 0 Å². The van der Waals surface area contributed by atoms with Crippen molar-refractivity contribution in [3.63, 3.8) is 0 Å². The maximum Gasteiger partial charge on any atom is 0.242 e. The van der Waals surface area contributed by atoms with E-state index in [1.165, 1.54) is 12.5 Å². The highest BCUT2D eigenvalue weighted by molar-refractivity contribution is 6.15. The number of carbonyl (C=O) groups is 1. The molecule has 2 N–H and O–H groups in total. The summed E-state index contributed by atoms with van der Waals surface area (Å²) in [6.07, 6.45) is 4.38. The van der Waals surface area contributed by atoms with Crippen molar-refractivity contribution < 1.29 is 4.79 Å². The van der Waals surface area contributed by atoms with Crippen LogP contribution in [0.5, 0.6) is 0 Å². The summed E-state index contributed by atoms with van der Waals surface area (Å²) in [5.74, 6) is -0.418. The predicted molar refractivity (Wildman–Crippen MR) is 43.8 cm³/mol. The molecule has 1 amide bonds. The van der Waals surface area contributed by atoms with Gasteiger partial charge in [-0.1, -0.05) is 0 Å². The standard InChI is InChI=1S/C5H10N2O.CH3Cl/c1-7(2)4-3-5(6)8;1-2/h3-4H,1-2H3,(H2,6,8);1H3. The number of rotatable bonds is 2. The first-order valence-electron chi connectivity index (χ1n) is 2.65. The number of hydrogen-bond donors (Lipinski definition) is 1. The fraction of sp³-hybridized carbons (Fsp3) is 0.500. The average molecular weight is 165 g/mol. The Labute approximate surface area is 66.4 Å². The van der Waals surface area contributed by atoms with Gasteiger partial charge in [-0.3, -0.25) is 4.79 Å². The molecule has 0 fully saturated rings. The van der Waals surface area contributed by atoms with Crippen LogP contribution < -0.4 is 5.73 Å². The highest BCUT2D eigenvalue weighted by Gasteiger charge is 1.80. The smallest absolute Gasteiger partial charge is 0.242 e. The molecule has 0 rings (SSSR count). The Morgan fingerprint density at radius 1 is 1.50 bits per heavy atom. The minimum Gasteiger partial charge on any atom is -0.383 e.